The second kappa shape index (κ2) is 7.70. The standard InChI is InChI=1S/C19H20F2N2O2/c20-14-6-4-12(16(21)11-14)5-7-18(25)23-19(13-9-15(24)10-13)17-3-1-2-8-22-17/h1-4,6,8,11,13,15,19,24H,5,7,9-10H2,(H,23,25)/t13?,15?,19-/m0/s1. The summed E-state index contributed by atoms with van der Waals surface area (Å²) in [5.74, 6) is -1.36. The summed E-state index contributed by atoms with van der Waals surface area (Å²) in [6, 6.07) is 8.59. The second-order valence-corrected chi connectivity index (χ2v) is 6.42. The molecule has 0 unspecified atom stereocenters. The Morgan fingerprint density at radius 2 is 2.08 bits per heavy atom. The molecule has 0 saturated heterocycles. The van der Waals surface area contributed by atoms with Gasteiger partial charge < -0.3 is 10.4 Å². The van der Waals surface area contributed by atoms with Gasteiger partial charge in [-0.3, -0.25) is 9.78 Å². The number of nitrogens with zero attached hydrogens (tertiary/aromatic N) is 1. The maximum absolute atomic E-state index is 13.7. The fourth-order valence-electron chi connectivity index (χ4n) is 3.11. The van der Waals surface area contributed by atoms with E-state index in [0.717, 1.165) is 11.8 Å². The van der Waals surface area contributed by atoms with Gasteiger partial charge in [-0.1, -0.05) is 12.1 Å². The third kappa shape index (κ3) is 4.39. The van der Waals surface area contributed by atoms with Gasteiger partial charge in [-0.15, -0.1) is 0 Å². The number of benzene rings is 1. The number of amides is 1. The third-order valence-electron chi connectivity index (χ3n) is 4.58. The minimum absolute atomic E-state index is 0.0984. The van der Waals surface area contributed by atoms with Gasteiger partial charge in [0.05, 0.1) is 17.8 Å². The van der Waals surface area contributed by atoms with E-state index in [1.165, 1.54) is 12.1 Å². The topological polar surface area (TPSA) is 62.2 Å². The van der Waals surface area contributed by atoms with Crippen molar-refractivity contribution in [3.63, 3.8) is 0 Å². The SMILES string of the molecule is O=C(CCc1ccc(F)cc1F)N[C@H](c1ccccn1)C1CC(O)C1. The highest BCUT2D eigenvalue weighted by Crippen LogP contribution is 2.37. The van der Waals surface area contributed by atoms with Crippen LogP contribution < -0.4 is 5.32 Å². The molecule has 1 fully saturated rings. The van der Waals surface area contributed by atoms with Crippen molar-refractivity contribution in [3.8, 4) is 0 Å². The average Bonchev–Trinajstić information content (AvgIpc) is 2.57. The smallest absolute Gasteiger partial charge is 0.220 e. The highest BCUT2D eigenvalue weighted by Gasteiger charge is 2.36. The Morgan fingerprint density at radius 1 is 1.28 bits per heavy atom. The number of pyridine rings is 1. The van der Waals surface area contributed by atoms with Crippen LogP contribution in [0.3, 0.4) is 0 Å². The summed E-state index contributed by atoms with van der Waals surface area (Å²) in [5, 5.41) is 12.5. The fourth-order valence-corrected chi connectivity index (χ4v) is 3.11. The van der Waals surface area contributed by atoms with Crippen molar-refractivity contribution in [1.82, 2.24) is 10.3 Å². The Kier molecular flexibility index (Phi) is 5.38. The Bertz CT molecular complexity index is 733. The van der Waals surface area contributed by atoms with E-state index in [4.69, 9.17) is 0 Å². The lowest BCUT2D eigenvalue weighted by atomic mass is 9.76. The van der Waals surface area contributed by atoms with E-state index in [9.17, 15) is 18.7 Å². The number of nitrogens with one attached hydrogen (secondary N) is 1. The molecule has 0 spiro atoms. The quantitative estimate of drug-likeness (QED) is 0.845. The van der Waals surface area contributed by atoms with Crippen LogP contribution in [-0.2, 0) is 11.2 Å². The summed E-state index contributed by atoms with van der Waals surface area (Å²) >= 11 is 0. The minimum Gasteiger partial charge on any atom is -0.393 e. The maximum atomic E-state index is 13.7. The second-order valence-electron chi connectivity index (χ2n) is 6.42. The van der Waals surface area contributed by atoms with Crippen LogP contribution in [0.25, 0.3) is 0 Å². The molecule has 1 heterocycles. The largest absolute Gasteiger partial charge is 0.393 e. The number of rotatable bonds is 6. The van der Waals surface area contributed by atoms with E-state index >= 15 is 0 Å². The fraction of sp³-hybridized carbons (Fsp3) is 0.368. The molecule has 1 saturated carbocycles. The van der Waals surface area contributed by atoms with Crippen LogP contribution in [0, 0.1) is 17.6 Å². The predicted octanol–water partition coefficient (Wildman–Crippen LogP) is 2.92. The minimum atomic E-state index is -0.642. The van der Waals surface area contributed by atoms with Crippen LogP contribution in [0.2, 0.25) is 0 Å². The van der Waals surface area contributed by atoms with Gasteiger partial charge in [0.1, 0.15) is 11.6 Å². The molecule has 6 heteroatoms. The summed E-state index contributed by atoms with van der Waals surface area (Å²) in [6.07, 6.45) is 2.86. The molecule has 132 valence electrons. The van der Waals surface area contributed by atoms with Gasteiger partial charge in [0, 0.05) is 18.7 Å². The molecular formula is C19H20F2N2O2. The normalized spacial score (nSPS) is 20.6. The number of carbonyl (C=O) groups is 1. The number of hydrogen-bond donors (Lipinski definition) is 2. The molecule has 1 aromatic carbocycles. The molecule has 0 aliphatic heterocycles. The molecule has 2 N–H and O–H groups in total. The number of halogens is 2. The molecule has 0 radical (unpaired) electrons. The lowest BCUT2D eigenvalue weighted by Gasteiger charge is -2.37. The van der Waals surface area contributed by atoms with Gasteiger partial charge >= 0.3 is 0 Å². The van der Waals surface area contributed by atoms with Crippen LogP contribution in [-0.4, -0.2) is 22.1 Å². The number of aryl methyl sites for hydroxylation is 1. The molecule has 1 aliphatic rings. The first-order chi connectivity index (χ1) is 12.0. The summed E-state index contributed by atoms with van der Waals surface area (Å²) < 4.78 is 26.6. The molecule has 1 aliphatic carbocycles. The summed E-state index contributed by atoms with van der Waals surface area (Å²) in [7, 11) is 0. The first-order valence-corrected chi connectivity index (χ1v) is 8.35. The Hall–Kier alpha value is -2.34. The maximum Gasteiger partial charge on any atom is 0.220 e. The summed E-state index contributed by atoms with van der Waals surface area (Å²) in [4.78, 5) is 16.6. The van der Waals surface area contributed by atoms with Crippen LogP contribution in [0.5, 0.6) is 0 Å². The van der Waals surface area contributed by atoms with Crippen LogP contribution in [0.4, 0.5) is 8.78 Å². The van der Waals surface area contributed by atoms with E-state index in [1.807, 2.05) is 12.1 Å². The van der Waals surface area contributed by atoms with Crippen molar-refractivity contribution in [1.29, 1.82) is 0 Å². The van der Waals surface area contributed by atoms with Gasteiger partial charge in [-0.2, -0.15) is 0 Å². The first-order valence-electron chi connectivity index (χ1n) is 8.35. The van der Waals surface area contributed by atoms with Crippen LogP contribution >= 0.6 is 0 Å². The highest BCUT2D eigenvalue weighted by molar-refractivity contribution is 5.76. The average molecular weight is 346 g/mol. The van der Waals surface area contributed by atoms with Crippen molar-refractivity contribution in [2.75, 3.05) is 0 Å². The van der Waals surface area contributed by atoms with Gasteiger partial charge in [-0.05, 0) is 48.9 Å². The monoisotopic (exact) mass is 346 g/mol. The summed E-state index contributed by atoms with van der Waals surface area (Å²) in [5.41, 5.74) is 1.06. The number of carbonyl (C=O) groups excluding carboxylic acids is 1. The molecule has 25 heavy (non-hydrogen) atoms. The van der Waals surface area contributed by atoms with Crippen molar-refractivity contribution >= 4 is 5.91 Å². The number of aliphatic hydroxyl groups excluding tert-OH is 1. The van der Waals surface area contributed by atoms with Crippen molar-refractivity contribution < 1.29 is 18.7 Å². The molecule has 0 bridgehead atoms. The zero-order chi connectivity index (χ0) is 17.8. The molecule has 1 amide bonds. The zero-order valence-electron chi connectivity index (χ0n) is 13.7. The van der Waals surface area contributed by atoms with Crippen molar-refractivity contribution in [3.05, 3.63) is 65.5 Å². The lowest BCUT2D eigenvalue weighted by Crippen LogP contribution is -2.41. The molecule has 1 aromatic heterocycles. The first kappa shape index (κ1) is 17.5. The van der Waals surface area contributed by atoms with Crippen LogP contribution in [0.15, 0.2) is 42.6 Å². The van der Waals surface area contributed by atoms with Gasteiger partial charge in [-0.25, -0.2) is 8.78 Å². The van der Waals surface area contributed by atoms with Crippen LogP contribution in [0.1, 0.15) is 36.6 Å². The molecular weight excluding hydrogens is 326 g/mol. The van der Waals surface area contributed by atoms with Gasteiger partial charge in [0.15, 0.2) is 0 Å². The van der Waals surface area contributed by atoms with Gasteiger partial charge in [0.25, 0.3) is 0 Å². The van der Waals surface area contributed by atoms with Crippen molar-refractivity contribution in [2.24, 2.45) is 5.92 Å². The Morgan fingerprint density at radius 3 is 2.72 bits per heavy atom. The third-order valence-corrected chi connectivity index (χ3v) is 4.58. The molecule has 4 nitrogen and oxygen atoms in total. The van der Waals surface area contributed by atoms with Gasteiger partial charge in [0.2, 0.25) is 5.91 Å². The van der Waals surface area contributed by atoms with E-state index < -0.39 is 11.6 Å². The Labute approximate surface area is 144 Å². The van der Waals surface area contributed by atoms with Crippen molar-refractivity contribution in [2.45, 2.75) is 37.8 Å². The van der Waals surface area contributed by atoms with E-state index in [-0.39, 0.29) is 36.8 Å². The summed E-state index contributed by atoms with van der Waals surface area (Å²) in [6.45, 7) is 0. The van der Waals surface area contributed by atoms with E-state index in [2.05, 4.69) is 10.3 Å². The number of aliphatic hydroxyl groups is 1. The zero-order valence-corrected chi connectivity index (χ0v) is 13.7. The highest BCUT2D eigenvalue weighted by atomic mass is 19.1. The Balaban J connectivity index is 1.62. The molecule has 1 atom stereocenters. The predicted molar refractivity (Wildman–Crippen MR) is 88.5 cm³/mol. The number of aromatic nitrogens is 1. The molecule has 2 aromatic rings. The van der Waals surface area contributed by atoms with E-state index in [0.29, 0.717) is 18.4 Å². The number of hydrogen-bond acceptors (Lipinski definition) is 3. The molecule has 3 rings (SSSR count). The lowest BCUT2D eigenvalue weighted by molar-refractivity contribution is -0.123. The van der Waals surface area contributed by atoms with E-state index in [1.54, 1.807) is 12.3 Å².